The number of amides is 4. The second kappa shape index (κ2) is 7.67. The fourth-order valence-electron chi connectivity index (χ4n) is 4.73. The van der Waals surface area contributed by atoms with Gasteiger partial charge in [0, 0.05) is 25.0 Å². The van der Waals surface area contributed by atoms with Gasteiger partial charge in [0.1, 0.15) is 5.54 Å². The van der Waals surface area contributed by atoms with Crippen molar-refractivity contribution in [2.75, 3.05) is 49.6 Å². The largest absolute Gasteiger partial charge is 0.368 e. The normalized spacial score (nSPS) is 24.7. The van der Waals surface area contributed by atoms with Crippen molar-refractivity contribution in [2.45, 2.75) is 37.6 Å². The molecule has 0 aromatic heterocycles. The number of carbonyl (C=O) groups excluding carboxylic acids is 3. The van der Waals surface area contributed by atoms with Gasteiger partial charge in [-0.3, -0.25) is 19.4 Å². The van der Waals surface area contributed by atoms with Crippen LogP contribution in [0.2, 0.25) is 0 Å². The summed E-state index contributed by atoms with van der Waals surface area (Å²) < 4.78 is 0. The predicted octanol–water partition coefficient (Wildman–Crippen LogP) is 1.40. The van der Waals surface area contributed by atoms with E-state index in [1.54, 1.807) is 21.7 Å². The Kier molecular flexibility index (Phi) is 5.21. The molecule has 1 atom stereocenters. The van der Waals surface area contributed by atoms with E-state index in [9.17, 15) is 14.4 Å². The smallest absolute Gasteiger partial charge is 0.325 e. The van der Waals surface area contributed by atoms with Crippen molar-refractivity contribution >= 4 is 29.2 Å². The number of anilines is 2. The van der Waals surface area contributed by atoms with E-state index in [0.717, 1.165) is 44.5 Å². The van der Waals surface area contributed by atoms with Gasteiger partial charge in [0.2, 0.25) is 11.8 Å². The van der Waals surface area contributed by atoms with Crippen LogP contribution in [-0.2, 0) is 9.59 Å². The van der Waals surface area contributed by atoms with Crippen LogP contribution in [-0.4, -0.2) is 73.0 Å². The zero-order chi connectivity index (χ0) is 20.6. The highest BCUT2D eigenvalue weighted by molar-refractivity contribution is 6.03. The molecule has 0 saturated carbocycles. The molecule has 3 aliphatic heterocycles. The molecule has 0 radical (unpaired) electrons. The van der Waals surface area contributed by atoms with Crippen molar-refractivity contribution in [3.63, 3.8) is 0 Å². The average molecular weight is 399 g/mol. The number of likely N-dealkylation sites (tertiary alicyclic amines) is 1. The Labute approximate surface area is 171 Å². The molecule has 3 heterocycles. The van der Waals surface area contributed by atoms with E-state index in [1.165, 1.54) is 0 Å². The summed E-state index contributed by atoms with van der Waals surface area (Å²) in [5.41, 5.74) is 6.30. The molecule has 3 saturated heterocycles. The standard InChI is InChI=1S/C21H29N5O3/c1-23(18(27)14-24-11-4-5-12-24)16-6-8-17(9-7-16)25-15-21(19(22)28)10-2-3-13-26(21)20(25)29/h6-9H,2-5,10-15H2,1H3,(H2,22,28)/t21-/m1/s1. The van der Waals surface area contributed by atoms with Crippen LogP contribution in [0.3, 0.4) is 0 Å². The van der Waals surface area contributed by atoms with Crippen molar-refractivity contribution < 1.29 is 14.4 Å². The molecule has 0 spiro atoms. The summed E-state index contributed by atoms with van der Waals surface area (Å²) in [6.07, 6.45) is 4.69. The van der Waals surface area contributed by atoms with Gasteiger partial charge in [-0.05, 0) is 69.5 Å². The number of nitrogens with zero attached hydrogens (tertiary/aromatic N) is 4. The van der Waals surface area contributed by atoms with Crippen LogP contribution in [0.4, 0.5) is 16.2 Å². The third-order valence-corrected chi connectivity index (χ3v) is 6.56. The van der Waals surface area contributed by atoms with Gasteiger partial charge in [-0.1, -0.05) is 0 Å². The second-order valence-electron chi connectivity index (χ2n) is 8.33. The van der Waals surface area contributed by atoms with E-state index >= 15 is 0 Å². The van der Waals surface area contributed by atoms with Gasteiger partial charge in [0.05, 0.1) is 13.1 Å². The molecule has 0 aliphatic carbocycles. The third-order valence-electron chi connectivity index (χ3n) is 6.56. The highest BCUT2D eigenvalue weighted by Gasteiger charge is 2.55. The molecular formula is C21H29N5O3. The summed E-state index contributed by atoms with van der Waals surface area (Å²) in [6.45, 7) is 3.23. The van der Waals surface area contributed by atoms with Gasteiger partial charge >= 0.3 is 6.03 Å². The molecule has 4 amide bonds. The first-order valence-corrected chi connectivity index (χ1v) is 10.4. The van der Waals surface area contributed by atoms with Crippen LogP contribution in [0.25, 0.3) is 0 Å². The van der Waals surface area contributed by atoms with Crippen LogP contribution >= 0.6 is 0 Å². The number of nitrogens with two attached hydrogens (primary N) is 1. The van der Waals surface area contributed by atoms with Gasteiger partial charge in [-0.25, -0.2) is 4.79 Å². The summed E-state index contributed by atoms with van der Waals surface area (Å²) in [7, 11) is 1.77. The average Bonchev–Trinajstić information content (AvgIpc) is 3.34. The lowest BCUT2D eigenvalue weighted by molar-refractivity contribution is -0.128. The Bertz CT molecular complexity index is 805. The zero-order valence-corrected chi connectivity index (χ0v) is 17.0. The van der Waals surface area contributed by atoms with Crippen LogP contribution in [0.1, 0.15) is 32.1 Å². The summed E-state index contributed by atoms with van der Waals surface area (Å²) in [6, 6.07) is 7.19. The van der Waals surface area contributed by atoms with Crippen molar-refractivity contribution in [3.8, 4) is 0 Å². The number of rotatable bonds is 5. The minimum atomic E-state index is -0.906. The first kappa shape index (κ1) is 19.7. The monoisotopic (exact) mass is 399 g/mol. The third kappa shape index (κ3) is 3.46. The Morgan fingerprint density at radius 1 is 1.07 bits per heavy atom. The first-order valence-electron chi connectivity index (χ1n) is 10.4. The van der Waals surface area contributed by atoms with Crippen LogP contribution in [0, 0.1) is 0 Å². The van der Waals surface area contributed by atoms with Gasteiger partial charge in [0.15, 0.2) is 0 Å². The molecule has 1 aromatic rings. The molecule has 1 aromatic carbocycles. The van der Waals surface area contributed by atoms with E-state index in [0.29, 0.717) is 25.2 Å². The fraction of sp³-hybridized carbons (Fsp3) is 0.571. The van der Waals surface area contributed by atoms with Crippen molar-refractivity contribution in [1.82, 2.24) is 9.80 Å². The lowest BCUT2D eigenvalue weighted by Gasteiger charge is -2.37. The van der Waals surface area contributed by atoms with Crippen LogP contribution < -0.4 is 15.5 Å². The minimum Gasteiger partial charge on any atom is -0.368 e. The van der Waals surface area contributed by atoms with Crippen molar-refractivity contribution in [1.29, 1.82) is 0 Å². The number of benzene rings is 1. The van der Waals surface area contributed by atoms with Crippen LogP contribution in [0.15, 0.2) is 24.3 Å². The quantitative estimate of drug-likeness (QED) is 0.810. The number of hydrogen-bond acceptors (Lipinski definition) is 4. The molecule has 4 rings (SSSR count). The number of urea groups is 1. The molecule has 0 unspecified atom stereocenters. The number of carbonyl (C=O) groups is 3. The maximum Gasteiger partial charge on any atom is 0.325 e. The van der Waals surface area contributed by atoms with E-state index in [-0.39, 0.29) is 18.5 Å². The summed E-state index contributed by atoms with van der Waals surface area (Å²) in [4.78, 5) is 44.8. The van der Waals surface area contributed by atoms with E-state index in [4.69, 9.17) is 5.73 Å². The Hall–Kier alpha value is -2.61. The maximum absolute atomic E-state index is 12.9. The zero-order valence-electron chi connectivity index (χ0n) is 17.0. The summed E-state index contributed by atoms with van der Waals surface area (Å²) in [5, 5.41) is 0. The van der Waals surface area contributed by atoms with Gasteiger partial charge < -0.3 is 15.5 Å². The Balaban J connectivity index is 1.48. The first-order chi connectivity index (χ1) is 13.9. The summed E-state index contributed by atoms with van der Waals surface area (Å²) >= 11 is 0. The fourth-order valence-corrected chi connectivity index (χ4v) is 4.73. The molecule has 2 N–H and O–H groups in total. The lowest BCUT2D eigenvalue weighted by atomic mass is 9.87. The van der Waals surface area contributed by atoms with E-state index in [2.05, 4.69) is 4.90 Å². The number of hydrogen-bond donors (Lipinski definition) is 1. The van der Waals surface area contributed by atoms with E-state index in [1.807, 2.05) is 24.3 Å². The molecule has 0 bridgehead atoms. The highest BCUT2D eigenvalue weighted by atomic mass is 16.2. The van der Waals surface area contributed by atoms with Crippen molar-refractivity contribution in [3.05, 3.63) is 24.3 Å². The number of likely N-dealkylation sites (N-methyl/N-ethyl adjacent to an activating group) is 1. The molecule has 3 fully saturated rings. The van der Waals surface area contributed by atoms with E-state index < -0.39 is 11.4 Å². The SMILES string of the molecule is CN(C(=O)CN1CCCC1)c1ccc(N2C[C@@]3(C(N)=O)CCCCN3C2=O)cc1. The summed E-state index contributed by atoms with van der Waals surface area (Å²) in [5.74, 6) is -0.376. The molecule has 156 valence electrons. The van der Waals surface area contributed by atoms with Gasteiger partial charge in [-0.2, -0.15) is 0 Å². The second-order valence-corrected chi connectivity index (χ2v) is 8.33. The number of piperidine rings is 1. The van der Waals surface area contributed by atoms with Crippen molar-refractivity contribution in [2.24, 2.45) is 5.73 Å². The maximum atomic E-state index is 12.9. The minimum absolute atomic E-state index is 0.0571. The van der Waals surface area contributed by atoms with Gasteiger partial charge in [-0.15, -0.1) is 0 Å². The molecule has 8 nitrogen and oxygen atoms in total. The molecule has 3 aliphatic rings. The molecule has 29 heavy (non-hydrogen) atoms. The molecular weight excluding hydrogens is 370 g/mol. The predicted molar refractivity (Wildman–Crippen MR) is 111 cm³/mol. The molecule has 8 heteroatoms. The lowest BCUT2D eigenvalue weighted by Crippen LogP contribution is -2.58. The Morgan fingerprint density at radius 2 is 1.72 bits per heavy atom. The Morgan fingerprint density at radius 3 is 2.34 bits per heavy atom. The number of primary amides is 1. The highest BCUT2D eigenvalue weighted by Crippen LogP contribution is 2.38. The van der Waals surface area contributed by atoms with Gasteiger partial charge in [0.25, 0.3) is 0 Å². The number of fused-ring (bicyclic) bond motifs is 1. The van der Waals surface area contributed by atoms with Crippen LogP contribution in [0.5, 0.6) is 0 Å². The topological polar surface area (TPSA) is 90.2 Å².